The molecule has 2 fully saturated rings. The first-order valence-corrected chi connectivity index (χ1v) is 12.5. The molecule has 0 radical (unpaired) electrons. The number of amides is 1. The van der Waals surface area contributed by atoms with Crippen molar-refractivity contribution in [3.63, 3.8) is 0 Å². The van der Waals surface area contributed by atoms with Crippen LogP contribution in [-0.4, -0.2) is 37.7 Å². The van der Waals surface area contributed by atoms with Gasteiger partial charge in [0.25, 0.3) is 0 Å². The van der Waals surface area contributed by atoms with E-state index in [1.54, 1.807) is 32.4 Å². The molecule has 1 aromatic rings. The minimum atomic E-state index is -0.576. The summed E-state index contributed by atoms with van der Waals surface area (Å²) in [4.78, 5) is 27.0. The minimum absolute atomic E-state index is 0.0487. The van der Waals surface area contributed by atoms with Crippen LogP contribution in [0.25, 0.3) is 0 Å². The lowest BCUT2D eigenvalue weighted by atomic mass is 9.45. The maximum absolute atomic E-state index is 14.2. The molecule has 0 unspecified atom stereocenters. The first-order valence-electron chi connectivity index (χ1n) is 12.5. The Morgan fingerprint density at radius 2 is 1.59 bits per heavy atom. The molecule has 1 amide bonds. The van der Waals surface area contributed by atoms with Gasteiger partial charge in [-0.25, -0.2) is 4.79 Å². The van der Waals surface area contributed by atoms with E-state index in [9.17, 15) is 9.59 Å². The van der Waals surface area contributed by atoms with E-state index < -0.39 is 11.7 Å². The van der Waals surface area contributed by atoms with Crippen LogP contribution >= 0.6 is 0 Å². The highest BCUT2D eigenvalue weighted by Gasteiger charge is 2.58. The number of carbonyl (C=O) groups excluding carboxylic acids is 2. The molecule has 6 heteroatoms. The highest BCUT2D eigenvalue weighted by atomic mass is 16.6. The SMILES string of the molecule is COc1cc(OC)cc(C(=O)[C@H]2[C@H](C)[C@H](NC(=O)OC(C)(C)C)C[C@H]3C(C)(C)CCC[C@]23C)c1. The fourth-order valence-corrected chi connectivity index (χ4v) is 6.74. The first kappa shape index (κ1) is 26.4. The van der Waals surface area contributed by atoms with Crippen LogP contribution in [0.15, 0.2) is 18.2 Å². The van der Waals surface area contributed by atoms with Crippen molar-refractivity contribution in [3.8, 4) is 11.5 Å². The molecule has 3 rings (SSSR count). The Labute approximate surface area is 205 Å². The van der Waals surface area contributed by atoms with E-state index in [2.05, 4.69) is 33.0 Å². The average Bonchev–Trinajstić information content (AvgIpc) is 2.72. The summed E-state index contributed by atoms with van der Waals surface area (Å²) in [6.07, 6.45) is 3.64. The minimum Gasteiger partial charge on any atom is -0.497 e. The van der Waals surface area contributed by atoms with Crippen molar-refractivity contribution >= 4 is 11.9 Å². The van der Waals surface area contributed by atoms with E-state index in [-0.39, 0.29) is 34.5 Å². The zero-order valence-corrected chi connectivity index (χ0v) is 22.4. The van der Waals surface area contributed by atoms with Gasteiger partial charge < -0.3 is 19.5 Å². The second kappa shape index (κ2) is 9.43. The number of methoxy groups -OCH3 is 2. The topological polar surface area (TPSA) is 73.9 Å². The van der Waals surface area contributed by atoms with Gasteiger partial charge in [0.2, 0.25) is 0 Å². The number of ether oxygens (including phenoxy) is 3. The lowest BCUT2D eigenvalue weighted by Crippen LogP contribution is -2.60. The Morgan fingerprint density at radius 3 is 2.12 bits per heavy atom. The summed E-state index contributed by atoms with van der Waals surface area (Å²) in [6.45, 7) is 14.6. The molecule has 5 atom stereocenters. The van der Waals surface area contributed by atoms with Gasteiger partial charge in [-0.15, -0.1) is 0 Å². The molecule has 34 heavy (non-hydrogen) atoms. The second-order valence-electron chi connectivity index (χ2n) is 12.2. The van der Waals surface area contributed by atoms with Crippen LogP contribution < -0.4 is 14.8 Å². The average molecular weight is 474 g/mol. The number of benzene rings is 1. The number of carbonyl (C=O) groups is 2. The predicted octanol–water partition coefficient (Wildman–Crippen LogP) is 6.27. The molecule has 0 bridgehead atoms. The van der Waals surface area contributed by atoms with Crippen LogP contribution in [0, 0.1) is 28.6 Å². The van der Waals surface area contributed by atoms with Crippen molar-refractivity contribution in [1.82, 2.24) is 5.32 Å². The molecule has 0 aromatic heterocycles. The van der Waals surface area contributed by atoms with Gasteiger partial charge in [-0.3, -0.25) is 4.79 Å². The molecule has 2 saturated carbocycles. The second-order valence-corrected chi connectivity index (χ2v) is 12.2. The van der Waals surface area contributed by atoms with E-state index in [0.717, 1.165) is 25.7 Å². The summed E-state index contributed by atoms with van der Waals surface area (Å²) in [5.41, 5.74) is -0.0754. The Kier molecular flexibility index (Phi) is 7.31. The Morgan fingerprint density at radius 1 is 1.00 bits per heavy atom. The molecule has 0 spiro atoms. The largest absolute Gasteiger partial charge is 0.497 e. The van der Waals surface area contributed by atoms with Gasteiger partial charge in [-0.2, -0.15) is 0 Å². The number of Topliss-reactive ketones (excluding diaryl/α,β-unsaturated/α-hetero) is 1. The highest BCUT2D eigenvalue weighted by Crippen LogP contribution is 2.61. The normalized spacial score (nSPS) is 30.6. The molecular formula is C28H43NO5. The molecule has 190 valence electrons. The van der Waals surface area contributed by atoms with Crippen LogP contribution in [0.3, 0.4) is 0 Å². The van der Waals surface area contributed by atoms with Gasteiger partial charge in [0.15, 0.2) is 5.78 Å². The summed E-state index contributed by atoms with van der Waals surface area (Å²) in [6, 6.07) is 5.23. The fourth-order valence-electron chi connectivity index (χ4n) is 6.74. The van der Waals surface area contributed by atoms with E-state index >= 15 is 0 Å². The Hall–Kier alpha value is -2.24. The maximum atomic E-state index is 14.2. The Bertz CT molecular complexity index is 896. The Balaban J connectivity index is 2.03. The molecule has 1 N–H and O–H groups in total. The number of nitrogens with one attached hydrogen (secondary N) is 1. The third-order valence-electron chi connectivity index (χ3n) is 8.26. The van der Waals surface area contributed by atoms with E-state index in [0.29, 0.717) is 23.0 Å². The number of hydrogen-bond acceptors (Lipinski definition) is 5. The molecule has 2 aliphatic carbocycles. The number of rotatable bonds is 5. The number of hydrogen-bond donors (Lipinski definition) is 1. The van der Waals surface area contributed by atoms with Crippen molar-refractivity contribution < 1.29 is 23.8 Å². The van der Waals surface area contributed by atoms with Crippen molar-refractivity contribution in [3.05, 3.63) is 23.8 Å². The lowest BCUT2D eigenvalue weighted by molar-refractivity contribution is -0.0916. The van der Waals surface area contributed by atoms with Gasteiger partial charge in [0, 0.05) is 23.6 Å². The van der Waals surface area contributed by atoms with E-state index in [1.807, 2.05) is 20.8 Å². The molecular weight excluding hydrogens is 430 g/mol. The van der Waals surface area contributed by atoms with Crippen LogP contribution in [0.5, 0.6) is 11.5 Å². The predicted molar refractivity (Wildman–Crippen MR) is 134 cm³/mol. The van der Waals surface area contributed by atoms with Gasteiger partial charge in [-0.1, -0.05) is 34.1 Å². The highest BCUT2D eigenvalue weighted by molar-refractivity contribution is 5.99. The summed E-state index contributed by atoms with van der Waals surface area (Å²) >= 11 is 0. The lowest BCUT2D eigenvalue weighted by Gasteiger charge is -2.60. The van der Waals surface area contributed by atoms with E-state index in [1.165, 1.54) is 0 Å². The monoisotopic (exact) mass is 473 g/mol. The molecule has 2 aliphatic rings. The van der Waals surface area contributed by atoms with Crippen LogP contribution in [0.1, 0.15) is 84.5 Å². The molecule has 0 saturated heterocycles. The summed E-state index contributed by atoms with van der Waals surface area (Å²) in [5, 5.41) is 3.13. The first-order chi connectivity index (χ1) is 15.7. The number of alkyl carbamates (subject to hydrolysis) is 1. The van der Waals surface area contributed by atoms with Crippen molar-refractivity contribution in [1.29, 1.82) is 0 Å². The van der Waals surface area contributed by atoms with Gasteiger partial charge >= 0.3 is 6.09 Å². The van der Waals surface area contributed by atoms with Crippen molar-refractivity contribution in [2.75, 3.05) is 14.2 Å². The van der Waals surface area contributed by atoms with Crippen LogP contribution in [0.2, 0.25) is 0 Å². The number of fused-ring (bicyclic) bond motifs is 1. The van der Waals surface area contributed by atoms with Crippen molar-refractivity contribution in [2.24, 2.45) is 28.6 Å². The van der Waals surface area contributed by atoms with Crippen LogP contribution in [0.4, 0.5) is 4.79 Å². The number of ketones is 1. The molecule has 0 heterocycles. The zero-order valence-electron chi connectivity index (χ0n) is 22.4. The smallest absolute Gasteiger partial charge is 0.407 e. The quantitative estimate of drug-likeness (QED) is 0.510. The van der Waals surface area contributed by atoms with E-state index in [4.69, 9.17) is 14.2 Å². The van der Waals surface area contributed by atoms with Crippen LogP contribution in [-0.2, 0) is 4.74 Å². The summed E-state index contributed by atoms with van der Waals surface area (Å²) in [7, 11) is 3.18. The molecule has 6 nitrogen and oxygen atoms in total. The fraction of sp³-hybridized carbons (Fsp3) is 0.714. The molecule has 0 aliphatic heterocycles. The van der Waals surface area contributed by atoms with Gasteiger partial charge in [0.1, 0.15) is 17.1 Å². The van der Waals surface area contributed by atoms with Crippen molar-refractivity contribution in [2.45, 2.75) is 85.8 Å². The zero-order chi connectivity index (χ0) is 25.5. The van der Waals surface area contributed by atoms with Gasteiger partial charge in [0.05, 0.1) is 14.2 Å². The molecule has 1 aromatic carbocycles. The summed E-state index contributed by atoms with van der Waals surface area (Å²) < 4.78 is 16.5. The van der Waals surface area contributed by atoms with Gasteiger partial charge in [-0.05, 0) is 74.8 Å². The third kappa shape index (κ3) is 5.21. The third-order valence-corrected chi connectivity index (χ3v) is 8.26. The standard InChI is InChI=1S/C28H43NO5/c1-17-21(29-25(31)34-26(2,3)4)16-22-27(5,6)11-10-12-28(22,7)23(17)24(30)18-13-19(32-8)15-20(14-18)33-9/h13-15,17,21-23H,10-12,16H2,1-9H3,(H,29,31)/t17-,21-,22+,23-,28+/m1/s1. The summed E-state index contributed by atoms with van der Waals surface area (Å²) in [5.74, 6) is 1.28. The maximum Gasteiger partial charge on any atom is 0.407 e.